The summed E-state index contributed by atoms with van der Waals surface area (Å²) >= 11 is 3.33. The van der Waals surface area contributed by atoms with E-state index in [1.807, 2.05) is 0 Å². The average molecular weight is 456 g/mol. The molecular formula is C18H18BrNO6S. The molecule has 0 fully saturated rings. The Labute approximate surface area is 165 Å². The van der Waals surface area contributed by atoms with Gasteiger partial charge in [0.2, 0.25) is 0 Å². The summed E-state index contributed by atoms with van der Waals surface area (Å²) in [6, 6.07) is 7.94. The van der Waals surface area contributed by atoms with Gasteiger partial charge in [-0.2, -0.15) is 0 Å². The molecule has 2 aromatic carbocycles. The van der Waals surface area contributed by atoms with Gasteiger partial charge in [-0.25, -0.2) is 13.2 Å². The summed E-state index contributed by atoms with van der Waals surface area (Å²) in [5.74, 6) is -0.969. The third-order valence-corrected chi connectivity index (χ3v) is 5.47. The number of rotatable bonds is 7. The Kier molecular flexibility index (Phi) is 6.50. The second-order valence-electron chi connectivity index (χ2n) is 5.49. The Hall–Kier alpha value is -2.52. The van der Waals surface area contributed by atoms with Gasteiger partial charge in [0.1, 0.15) is 4.90 Å². The molecule has 0 aliphatic heterocycles. The summed E-state index contributed by atoms with van der Waals surface area (Å²) in [5.41, 5.74) is 1.47. The molecule has 0 unspecified atom stereocenters. The van der Waals surface area contributed by atoms with Crippen LogP contribution >= 0.6 is 15.9 Å². The van der Waals surface area contributed by atoms with Gasteiger partial charge in [0.05, 0.1) is 19.9 Å². The molecule has 0 amide bonds. The van der Waals surface area contributed by atoms with Crippen molar-refractivity contribution in [2.24, 2.45) is 0 Å². The summed E-state index contributed by atoms with van der Waals surface area (Å²) in [5, 5.41) is 8.80. The van der Waals surface area contributed by atoms with Crippen LogP contribution in [0.3, 0.4) is 0 Å². The maximum atomic E-state index is 13.0. The zero-order valence-electron chi connectivity index (χ0n) is 14.8. The largest absolute Gasteiger partial charge is 0.493 e. The van der Waals surface area contributed by atoms with Crippen molar-refractivity contribution in [2.45, 2.75) is 11.8 Å². The molecule has 0 radical (unpaired) electrons. The van der Waals surface area contributed by atoms with Crippen molar-refractivity contribution in [3.05, 3.63) is 52.0 Å². The lowest BCUT2D eigenvalue weighted by molar-refractivity contribution is -0.131. The number of methoxy groups -OCH3 is 2. The molecule has 9 heteroatoms. The number of carboxylic acid groups (broad SMARTS) is 1. The molecule has 2 aromatic rings. The highest BCUT2D eigenvalue weighted by Gasteiger charge is 2.24. The Morgan fingerprint density at radius 3 is 2.44 bits per heavy atom. The number of carbonyl (C=O) groups is 1. The van der Waals surface area contributed by atoms with Crippen molar-refractivity contribution in [1.29, 1.82) is 0 Å². The number of aryl methyl sites for hydroxylation is 1. The van der Waals surface area contributed by atoms with E-state index in [4.69, 9.17) is 14.6 Å². The monoisotopic (exact) mass is 455 g/mol. The van der Waals surface area contributed by atoms with Crippen LogP contribution in [-0.4, -0.2) is 33.7 Å². The minimum absolute atomic E-state index is 0.0206. The number of hydrogen-bond acceptors (Lipinski definition) is 5. The average Bonchev–Trinajstić information content (AvgIpc) is 2.61. The number of aliphatic carboxylic acids is 1. The van der Waals surface area contributed by atoms with Crippen molar-refractivity contribution in [3.8, 4) is 11.5 Å². The van der Waals surface area contributed by atoms with Crippen molar-refractivity contribution in [1.82, 2.24) is 0 Å². The first-order chi connectivity index (χ1) is 12.7. The van der Waals surface area contributed by atoms with Crippen LogP contribution < -0.4 is 14.2 Å². The van der Waals surface area contributed by atoms with E-state index >= 15 is 0 Å². The molecule has 27 heavy (non-hydrogen) atoms. The van der Waals surface area contributed by atoms with Gasteiger partial charge in [-0.15, -0.1) is 0 Å². The zero-order valence-corrected chi connectivity index (χ0v) is 17.2. The molecule has 0 bridgehead atoms. The predicted octanol–water partition coefficient (Wildman–Crippen LogP) is 3.67. The first-order valence-corrected chi connectivity index (χ1v) is 9.91. The van der Waals surface area contributed by atoms with Gasteiger partial charge in [-0.05, 0) is 54.5 Å². The Morgan fingerprint density at radius 1 is 1.19 bits per heavy atom. The quantitative estimate of drug-likeness (QED) is 0.617. The van der Waals surface area contributed by atoms with E-state index in [1.165, 1.54) is 32.4 Å². The molecule has 2 N–H and O–H groups in total. The smallest absolute Gasteiger partial charge is 0.328 e. The number of ether oxygens (including phenoxy) is 2. The summed E-state index contributed by atoms with van der Waals surface area (Å²) in [7, 11) is -1.34. The van der Waals surface area contributed by atoms with Gasteiger partial charge < -0.3 is 14.6 Å². The number of anilines is 1. The van der Waals surface area contributed by atoms with Gasteiger partial charge >= 0.3 is 5.97 Å². The molecule has 2 rings (SSSR count). The maximum Gasteiger partial charge on any atom is 0.328 e. The van der Waals surface area contributed by atoms with E-state index < -0.39 is 16.0 Å². The molecule has 0 spiro atoms. The minimum Gasteiger partial charge on any atom is -0.493 e. The SMILES string of the molecule is COc1cc(/C=C/C(=O)O)cc(S(=O)(=O)Nc2ccc(Br)cc2C)c1OC. The third-order valence-electron chi connectivity index (χ3n) is 3.61. The van der Waals surface area contributed by atoms with Crippen LogP contribution in [0.2, 0.25) is 0 Å². The fourth-order valence-electron chi connectivity index (χ4n) is 2.35. The fourth-order valence-corrected chi connectivity index (χ4v) is 4.18. The highest BCUT2D eigenvalue weighted by molar-refractivity contribution is 9.10. The second-order valence-corrected chi connectivity index (χ2v) is 8.06. The highest BCUT2D eigenvalue weighted by Crippen LogP contribution is 2.37. The van der Waals surface area contributed by atoms with Gasteiger partial charge in [-0.1, -0.05) is 15.9 Å². The molecule has 0 heterocycles. The van der Waals surface area contributed by atoms with E-state index in [9.17, 15) is 13.2 Å². The summed E-state index contributed by atoms with van der Waals surface area (Å²) in [6.07, 6.45) is 2.18. The van der Waals surface area contributed by atoms with Gasteiger partial charge in [-0.3, -0.25) is 4.72 Å². The second kappa shape index (κ2) is 8.45. The lowest BCUT2D eigenvalue weighted by atomic mass is 10.2. The standard InChI is InChI=1S/C18H18BrNO6S/c1-11-8-13(19)5-6-14(11)20-27(23,24)16-10-12(4-7-17(21)22)9-15(25-2)18(16)26-3/h4-10,20H,1-3H3,(H,21,22)/b7-4+. The molecular weight excluding hydrogens is 438 g/mol. The maximum absolute atomic E-state index is 13.0. The molecule has 0 atom stereocenters. The lowest BCUT2D eigenvalue weighted by Gasteiger charge is -2.16. The highest BCUT2D eigenvalue weighted by atomic mass is 79.9. The van der Waals surface area contributed by atoms with Crippen LogP contribution in [0.5, 0.6) is 11.5 Å². The summed E-state index contributed by atoms with van der Waals surface area (Å²) < 4.78 is 39.7. The van der Waals surface area contributed by atoms with Crippen LogP contribution in [0.4, 0.5) is 5.69 Å². The van der Waals surface area contributed by atoms with Crippen LogP contribution in [0, 0.1) is 6.92 Å². The van der Waals surface area contributed by atoms with Crippen LogP contribution in [-0.2, 0) is 14.8 Å². The molecule has 0 saturated carbocycles. The van der Waals surface area contributed by atoms with E-state index in [0.717, 1.165) is 16.1 Å². The van der Waals surface area contributed by atoms with E-state index in [1.54, 1.807) is 25.1 Å². The third kappa shape index (κ3) is 5.01. The Morgan fingerprint density at radius 2 is 1.89 bits per heavy atom. The van der Waals surface area contributed by atoms with Gasteiger partial charge in [0.25, 0.3) is 10.0 Å². The van der Waals surface area contributed by atoms with Crippen LogP contribution in [0.25, 0.3) is 6.08 Å². The number of halogens is 1. The molecule has 144 valence electrons. The van der Waals surface area contributed by atoms with Crippen molar-refractivity contribution in [3.63, 3.8) is 0 Å². The predicted molar refractivity (Wildman–Crippen MR) is 106 cm³/mol. The summed E-state index contributed by atoms with van der Waals surface area (Å²) in [4.78, 5) is 10.6. The first kappa shape index (κ1) is 20.8. The molecule has 0 aliphatic rings. The molecule has 0 saturated heterocycles. The molecule has 0 aromatic heterocycles. The van der Waals surface area contributed by atoms with Gasteiger partial charge in [0, 0.05) is 10.5 Å². The van der Waals surface area contributed by atoms with Crippen molar-refractivity contribution in [2.75, 3.05) is 18.9 Å². The normalized spacial score (nSPS) is 11.4. The van der Waals surface area contributed by atoms with Crippen molar-refractivity contribution < 1.29 is 27.8 Å². The Balaban J connectivity index is 2.59. The summed E-state index contributed by atoms with van der Waals surface area (Å²) in [6.45, 7) is 1.77. The molecule has 0 aliphatic carbocycles. The van der Waals surface area contributed by atoms with E-state index in [2.05, 4.69) is 20.7 Å². The van der Waals surface area contributed by atoms with E-state index in [0.29, 0.717) is 11.3 Å². The van der Waals surface area contributed by atoms with E-state index in [-0.39, 0.29) is 16.4 Å². The first-order valence-electron chi connectivity index (χ1n) is 7.64. The van der Waals surface area contributed by atoms with Crippen LogP contribution in [0.1, 0.15) is 11.1 Å². The van der Waals surface area contributed by atoms with Crippen molar-refractivity contribution >= 4 is 43.7 Å². The number of nitrogens with one attached hydrogen (secondary N) is 1. The topological polar surface area (TPSA) is 102 Å². The fraction of sp³-hybridized carbons (Fsp3) is 0.167. The number of carboxylic acids is 1. The van der Waals surface area contributed by atoms with Crippen LogP contribution in [0.15, 0.2) is 45.8 Å². The number of sulfonamides is 1. The number of hydrogen-bond donors (Lipinski definition) is 2. The lowest BCUT2D eigenvalue weighted by Crippen LogP contribution is -2.15. The minimum atomic E-state index is -4.04. The zero-order chi connectivity index (χ0) is 20.2. The Bertz CT molecular complexity index is 1000. The van der Waals surface area contributed by atoms with Gasteiger partial charge in [0.15, 0.2) is 11.5 Å². The number of benzene rings is 2. The molecule has 7 nitrogen and oxygen atoms in total.